The highest BCUT2D eigenvalue weighted by atomic mass is 32.2. The monoisotopic (exact) mass is 372 g/mol. The Morgan fingerprint density at radius 3 is 2.35 bits per heavy atom. The number of rotatable bonds is 3. The van der Waals surface area contributed by atoms with Crippen LogP contribution in [0.3, 0.4) is 0 Å². The molecule has 2 aromatic carbocycles. The molecule has 0 spiro atoms. The number of aliphatic hydroxyl groups excluding tert-OH is 1. The van der Waals surface area contributed by atoms with Crippen LogP contribution in [0.1, 0.15) is 17.5 Å². The molecule has 0 saturated carbocycles. The van der Waals surface area contributed by atoms with Crippen molar-refractivity contribution in [3.8, 4) is 0 Å². The van der Waals surface area contributed by atoms with Crippen LogP contribution in [0, 0.1) is 0 Å². The molecule has 0 aliphatic carbocycles. The number of hydrogen-bond acceptors (Lipinski definition) is 4. The average Bonchev–Trinajstić information content (AvgIpc) is 2.68. The first-order valence-electron chi connectivity index (χ1n) is 9.10. The molecular weight excluding hydrogens is 348 g/mol. The Hall–Kier alpha value is -1.73. The van der Waals surface area contributed by atoms with Crippen molar-refractivity contribution < 1.29 is 13.5 Å². The lowest BCUT2D eigenvalue weighted by Crippen LogP contribution is -2.56. The summed E-state index contributed by atoms with van der Waals surface area (Å²) in [6.45, 7) is 2.32. The molecule has 2 aromatic rings. The molecular formula is C20H24N2O3S. The number of sulfonamides is 1. The van der Waals surface area contributed by atoms with E-state index < -0.39 is 16.1 Å². The third-order valence-electron chi connectivity index (χ3n) is 5.52. The second kappa shape index (κ2) is 7.12. The summed E-state index contributed by atoms with van der Waals surface area (Å²) in [5, 5.41) is 10.7. The van der Waals surface area contributed by atoms with Crippen molar-refractivity contribution in [2.45, 2.75) is 36.4 Å². The standard InChI is InChI=1S/C20H24N2O3S/c23-20-15-22(26(24,25)18-8-2-1-3-9-18)13-11-19(20)21-12-10-16-6-4-5-7-17(16)14-21/h1-9,19-20,23H,10-15H2/t19-,20-/m0/s1. The van der Waals surface area contributed by atoms with Crippen LogP contribution in [-0.2, 0) is 23.0 Å². The SMILES string of the molecule is O=S(=O)(c1ccccc1)N1CC[C@H](N2CCc3ccccc3C2)[C@@H](O)C1. The van der Waals surface area contributed by atoms with E-state index >= 15 is 0 Å². The minimum absolute atomic E-state index is 0.00517. The van der Waals surface area contributed by atoms with Gasteiger partial charge in [-0.05, 0) is 36.1 Å². The van der Waals surface area contributed by atoms with Crippen molar-refractivity contribution in [3.63, 3.8) is 0 Å². The molecule has 1 N–H and O–H groups in total. The van der Waals surface area contributed by atoms with Gasteiger partial charge in [-0.1, -0.05) is 42.5 Å². The van der Waals surface area contributed by atoms with Gasteiger partial charge in [-0.15, -0.1) is 0 Å². The predicted molar refractivity (Wildman–Crippen MR) is 100 cm³/mol. The summed E-state index contributed by atoms with van der Waals surface area (Å²) < 4.78 is 27.0. The van der Waals surface area contributed by atoms with Crippen LogP contribution in [0.4, 0.5) is 0 Å². The van der Waals surface area contributed by atoms with Crippen LogP contribution in [0.2, 0.25) is 0 Å². The van der Waals surface area contributed by atoms with Crippen molar-refractivity contribution in [3.05, 3.63) is 65.7 Å². The Bertz CT molecular complexity index is 870. The molecule has 6 heteroatoms. The van der Waals surface area contributed by atoms with E-state index in [4.69, 9.17) is 0 Å². The fourth-order valence-corrected chi connectivity index (χ4v) is 5.57. The number of nitrogens with zero attached hydrogens (tertiary/aromatic N) is 2. The van der Waals surface area contributed by atoms with Crippen LogP contribution < -0.4 is 0 Å². The highest BCUT2D eigenvalue weighted by molar-refractivity contribution is 7.89. The minimum atomic E-state index is -3.54. The van der Waals surface area contributed by atoms with Crippen LogP contribution in [-0.4, -0.2) is 54.5 Å². The molecule has 0 radical (unpaired) electrons. The van der Waals surface area contributed by atoms with Gasteiger partial charge in [-0.3, -0.25) is 4.90 Å². The van der Waals surface area contributed by atoms with Gasteiger partial charge in [0.25, 0.3) is 0 Å². The van der Waals surface area contributed by atoms with Crippen molar-refractivity contribution in [2.75, 3.05) is 19.6 Å². The van der Waals surface area contributed by atoms with Crippen LogP contribution in [0.15, 0.2) is 59.5 Å². The van der Waals surface area contributed by atoms with E-state index in [1.165, 1.54) is 15.4 Å². The number of β-amino-alcohol motifs (C(OH)–C–C–N with tert-alkyl or cyclic N) is 1. The normalized spacial score (nSPS) is 25.0. The maximum Gasteiger partial charge on any atom is 0.243 e. The summed E-state index contributed by atoms with van der Waals surface area (Å²) >= 11 is 0. The zero-order valence-corrected chi connectivity index (χ0v) is 15.5. The lowest BCUT2D eigenvalue weighted by atomic mass is 9.95. The highest BCUT2D eigenvalue weighted by Crippen LogP contribution is 2.27. The molecule has 0 amide bonds. The fourth-order valence-electron chi connectivity index (χ4n) is 4.08. The summed E-state index contributed by atoms with van der Waals surface area (Å²) in [7, 11) is -3.54. The van der Waals surface area contributed by atoms with Crippen LogP contribution >= 0.6 is 0 Å². The first-order chi connectivity index (χ1) is 12.6. The van der Waals surface area contributed by atoms with Gasteiger partial charge in [0.1, 0.15) is 0 Å². The third-order valence-corrected chi connectivity index (χ3v) is 7.40. The zero-order chi connectivity index (χ0) is 18.1. The van der Waals surface area contributed by atoms with Crippen molar-refractivity contribution in [1.29, 1.82) is 0 Å². The molecule has 138 valence electrons. The Morgan fingerprint density at radius 1 is 0.923 bits per heavy atom. The van der Waals surface area contributed by atoms with Gasteiger partial charge in [0.15, 0.2) is 0 Å². The van der Waals surface area contributed by atoms with Gasteiger partial charge in [0, 0.05) is 32.2 Å². The Labute approximate surface area is 154 Å². The first kappa shape index (κ1) is 17.7. The van der Waals surface area contributed by atoms with Gasteiger partial charge in [0.2, 0.25) is 10.0 Å². The van der Waals surface area contributed by atoms with Crippen LogP contribution in [0.25, 0.3) is 0 Å². The van der Waals surface area contributed by atoms with Crippen molar-refractivity contribution in [2.24, 2.45) is 0 Å². The number of fused-ring (bicyclic) bond motifs is 1. The van der Waals surface area contributed by atoms with Gasteiger partial charge in [0.05, 0.1) is 11.0 Å². The van der Waals surface area contributed by atoms with E-state index in [0.29, 0.717) is 13.0 Å². The van der Waals surface area contributed by atoms with Gasteiger partial charge < -0.3 is 5.11 Å². The summed E-state index contributed by atoms with van der Waals surface area (Å²) in [4.78, 5) is 2.59. The maximum atomic E-state index is 12.8. The number of aliphatic hydroxyl groups is 1. The molecule has 0 bridgehead atoms. The lowest BCUT2D eigenvalue weighted by molar-refractivity contribution is 0.00199. The molecule has 2 atom stereocenters. The van der Waals surface area contributed by atoms with E-state index in [9.17, 15) is 13.5 Å². The van der Waals surface area contributed by atoms with Gasteiger partial charge in [-0.25, -0.2) is 8.42 Å². The number of piperidine rings is 1. The first-order valence-corrected chi connectivity index (χ1v) is 10.5. The van der Waals surface area contributed by atoms with E-state index in [-0.39, 0.29) is 17.5 Å². The molecule has 0 aromatic heterocycles. The number of benzene rings is 2. The molecule has 26 heavy (non-hydrogen) atoms. The van der Waals surface area contributed by atoms with E-state index in [1.54, 1.807) is 30.3 Å². The van der Waals surface area contributed by atoms with Crippen molar-refractivity contribution in [1.82, 2.24) is 9.21 Å². The summed E-state index contributed by atoms with van der Waals surface area (Å²) in [5.41, 5.74) is 2.69. The molecule has 2 aliphatic heterocycles. The molecule has 2 heterocycles. The second-order valence-electron chi connectivity index (χ2n) is 7.09. The molecule has 2 aliphatic rings. The number of hydrogen-bond donors (Lipinski definition) is 1. The van der Waals surface area contributed by atoms with E-state index in [1.807, 2.05) is 6.07 Å². The quantitative estimate of drug-likeness (QED) is 0.894. The molecule has 1 fully saturated rings. The topological polar surface area (TPSA) is 60.9 Å². The molecule has 1 saturated heterocycles. The Kier molecular flexibility index (Phi) is 4.84. The van der Waals surface area contributed by atoms with E-state index in [2.05, 4.69) is 23.1 Å². The molecule has 4 rings (SSSR count). The van der Waals surface area contributed by atoms with E-state index in [0.717, 1.165) is 19.5 Å². The van der Waals surface area contributed by atoms with Gasteiger partial charge >= 0.3 is 0 Å². The maximum absolute atomic E-state index is 12.8. The molecule has 0 unspecified atom stereocenters. The second-order valence-corrected chi connectivity index (χ2v) is 9.03. The summed E-state index contributed by atoms with van der Waals surface area (Å²) in [6, 6.07) is 16.9. The summed E-state index contributed by atoms with van der Waals surface area (Å²) in [5.74, 6) is 0. The van der Waals surface area contributed by atoms with Gasteiger partial charge in [-0.2, -0.15) is 4.31 Å². The van der Waals surface area contributed by atoms with Crippen molar-refractivity contribution >= 4 is 10.0 Å². The summed E-state index contributed by atoms with van der Waals surface area (Å²) in [6.07, 6.45) is 0.952. The van der Waals surface area contributed by atoms with Crippen LogP contribution in [0.5, 0.6) is 0 Å². The Balaban J connectivity index is 1.46. The molecule has 5 nitrogen and oxygen atoms in total. The fraction of sp³-hybridized carbons (Fsp3) is 0.400. The average molecular weight is 372 g/mol. The third kappa shape index (κ3) is 3.30. The highest BCUT2D eigenvalue weighted by Gasteiger charge is 2.37. The predicted octanol–water partition coefficient (Wildman–Crippen LogP) is 1.87. The largest absolute Gasteiger partial charge is 0.390 e. The minimum Gasteiger partial charge on any atom is -0.390 e. The smallest absolute Gasteiger partial charge is 0.243 e. The zero-order valence-electron chi connectivity index (χ0n) is 14.7. The lowest BCUT2D eigenvalue weighted by Gasteiger charge is -2.43. The Morgan fingerprint density at radius 2 is 1.62 bits per heavy atom.